The number of rotatable bonds is 10. The molecule has 2 fully saturated rings. The Morgan fingerprint density at radius 2 is 1.92 bits per heavy atom. The number of carboxylic acid groups (broad SMARTS) is 1. The van der Waals surface area contributed by atoms with E-state index in [4.69, 9.17) is 24.1 Å². The van der Waals surface area contributed by atoms with Crippen LogP contribution < -0.4 is 14.4 Å². The van der Waals surface area contributed by atoms with E-state index in [1.807, 2.05) is 0 Å². The average molecular weight is 517 g/mol. The second-order valence-corrected chi connectivity index (χ2v) is 9.60. The Kier molecular flexibility index (Phi) is 8.91. The molecule has 1 aromatic carbocycles. The highest BCUT2D eigenvalue weighted by molar-refractivity contribution is 6.06. The number of amides is 2. The molecule has 202 valence electrons. The summed E-state index contributed by atoms with van der Waals surface area (Å²) in [6.07, 6.45) is 6.99. The molecule has 1 saturated heterocycles. The van der Waals surface area contributed by atoms with Crippen LogP contribution in [0.25, 0.3) is 0 Å². The van der Waals surface area contributed by atoms with E-state index in [1.54, 1.807) is 17.0 Å². The second kappa shape index (κ2) is 12.3. The number of methoxy groups -OCH3 is 1. The lowest BCUT2D eigenvalue weighted by Crippen LogP contribution is -2.53. The van der Waals surface area contributed by atoms with Crippen LogP contribution in [0, 0.1) is 0 Å². The molecule has 2 amide bonds. The number of ether oxygens (including phenoxy) is 4. The predicted octanol–water partition coefficient (Wildman–Crippen LogP) is 4.36. The van der Waals surface area contributed by atoms with E-state index in [9.17, 15) is 14.4 Å². The van der Waals surface area contributed by atoms with Crippen LogP contribution in [0.4, 0.5) is 10.5 Å². The minimum atomic E-state index is -0.914. The molecule has 4 rings (SSSR count). The number of carbonyl (C=O) groups is 3. The molecule has 0 aromatic heterocycles. The highest BCUT2D eigenvalue weighted by Gasteiger charge is 2.47. The first-order valence-electron chi connectivity index (χ1n) is 13.0. The number of hydrogen-bond donors (Lipinski definition) is 1. The summed E-state index contributed by atoms with van der Waals surface area (Å²) in [6, 6.07) is 2.86. The molecule has 0 bridgehead atoms. The second-order valence-electron chi connectivity index (χ2n) is 9.60. The number of hydrogen-bond acceptors (Lipinski definition) is 7. The Balaban J connectivity index is 1.76. The zero-order valence-electron chi connectivity index (χ0n) is 21.4. The maximum absolute atomic E-state index is 13.8. The number of aliphatic carboxylic acids is 1. The van der Waals surface area contributed by atoms with Crippen molar-refractivity contribution in [3.63, 3.8) is 0 Å². The molecule has 2 heterocycles. The van der Waals surface area contributed by atoms with Crippen molar-refractivity contribution in [2.45, 2.75) is 76.2 Å². The summed E-state index contributed by atoms with van der Waals surface area (Å²) in [6.45, 7) is 4.35. The smallest absolute Gasteiger partial charge is 0.416 e. The minimum Gasteiger partial charge on any atom is -0.493 e. The third-order valence-corrected chi connectivity index (χ3v) is 7.11. The number of carboxylic acids is 1. The first kappa shape index (κ1) is 26.8. The fourth-order valence-corrected chi connectivity index (χ4v) is 5.35. The Morgan fingerprint density at radius 1 is 1.14 bits per heavy atom. The first-order valence-corrected chi connectivity index (χ1v) is 13.0. The maximum atomic E-state index is 13.8. The van der Waals surface area contributed by atoms with E-state index in [0.29, 0.717) is 42.1 Å². The summed E-state index contributed by atoms with van der Waals surface area (Å²) in [5.74, 6) is -0.490. The van der Waals surface area contributed by atoms with E-state index in [1.165, 1.54) is 18.1 Å². The molecule has 10 heteroatoms. The summed E-state index contributed by atoms with van der Waals surface area (Å²) < 4.78 is 23.5. The molecule has 10 nitrogen and oxygen atoms in total. The van der Waals surface area contributed by atoms with Gasteiger partial charge in [-0.1, -0.05) is 31.9 Å². The van der Waals surface area contributed by atoms with Crippen LogP contribution in [0.1, 0.15) is 68.1 Å². The number of nitrogens with zero attached hydrogens (tertiary/aromatic N) is 2. The van der Waals surface area contributed by atoms with Crippen LogP contribution in [-0.2, 0) is 14.3 Å². The van der Waals surface area contributed by atoms with Gasteiger partial charge < -0.3 is 29.0 Å². The van der Waals surface area contributed by atoms with Gasteiger partial charge in [0.1, 0.15) is 6.61 Å². The molecule has 3 aliphatic rings. The van der Waals surface area contributed by atoms with Gasteiger partial charge in [-0.05, 0) is 38.2 Å². The third-order valence-electron chi connectivity index (χ3n) is 7.11. The van der Waals surface area contributed by atoms with Crippen molar-refractivity contribution in [3.05, 3.63) is 30.4 Å². The summed E-state index contributed by atoms with van der Waals surface area (Å²) in [4.78, 5) is 41.4. The SMILES string of the molecule is C=CCOC(=O)N1c2cc(OCCCC(=O)O)c(OC)cc2C(=O)N2CCC[C@H]2[C@@H]1OC1CCCCC1. The molecule has 1 aromatic rings. The van der Waals surface area contributed by atoms with E-state index in [2.05, 4.69) is 6.58 Å². The van der Waals surface area contributed by atoms with Gasteiger partial charge in [-0.15, -0.1) is 0 Å². The van der Waals surface area contributed by atoms with Crippen molar-refractivity contribution in [2.24, 2.45) is 0 Å². The summed E-state index contributed by atoms with van der Waals surface area (Å²) in [5, 5.41) is 8.94. The van der Waals surface area contributed by atoms with Crippen LogP contribution in [0.5, 0.6) is 11.5 Å². The Bertz CT molecular complexity index is 1010. The fourth-order valence-electron chi connectivity index (χ4n) is 5.35. The largest absolute Gasteiger partial charge is 0.493 e. The van der Waals surface area contributed by atoms with Crippen LogP contribution in [0.2, 0.25) is 0 Å². The van der Waals surface area contributed by atoms with Crippen molar-refractivity contribution in [1.29, 1.82) is 0 Å². The lowest BCUT2D eigenvalue weighted by molar-refractivity contribution is -0.137. The van der Waals surface area contributed by atoms with Crippen molar-refractivity contribution >= 4 is 23.7 Å². The average Bonchev–Trinajstić information content (AvgIpc) is 3.36. The predicted molar refractivity (Wildman–Crippen MR) is 135 cm³/mol. The third kappa shape index (κ3) is 6.01. The van der Waals surface area contributed by atoms with Crippen LogP contribution >= 0.6 is 0 Å². The Morgan fingerprint density at radius 3 is 2.62 bits per heavy atom. The highest BCUT2D eigenvalue weighted by atomic mass is 16.6. The van der Waals surface area contributed by atoms with Crippen molar-refractivity contribution in [1.82, 2.24) is 4.90 Å². The Labute approximate surface area is 217 Å². The summed E-state index contributed by atoms with van der Waals surface area (Å²) in [7, 11) is 1.47. The molecule has 1 saturated carbocycles. The number of carbonyl (C=O) groups excluding carboxylic acids is 2. The van der Waals surface area contributed by atoms with E-state index < -0.39 is 18.3 Å². The molecule has 0 spiro atoms. The van der Waals surface area contributed by atoms with Gasteiger partial charge >= 0.3 is 12.1 Å². The maximum Gasteiger partial charge on any atom is 0.416 e. The zero-order chi connectivity index (χ0) is 26.4. The van der Waals surface area contributed by atoms with Crippen LogP contribution in [0.3, 0.4) is 0 Å². The number of benzene rings is 1. The van der Waals surface area contributed by atoms with Gasteiger partial charge in [0.2, 0.25) is 0 Å². The molecular formula is C27H36N2O8. The van der Waals surface area contributed by atoms with Crippen molar-refractivity contribution in [2.75, 3.05) is 31.8 Å². The molecule has 2 atom stereocenters. The topological polar surface area (TPSA) is 115 Å². The number of fused-ring (bicyclic) bond motifs is 2. The fraction of sp³-hybridized carbons (Fsp3) is 0.593. The quantitative estimate of drug-likeness (QED) is 0.360. The Hall–Kier alpha value is -3.27. The van der Waals surface area contributed by atoms with Gasteiger partial charge in [0.25, 0.3) is 5.91 Å². The van der Waals surface area contributed by atoms with Gasteiger partial charge in [-0.3, -0.25) is 9.59 Å². The zero-order valence-corrected chi connectivity index (χ0v) is 21.4. The van der Waals surface area contributed by atoms with Crippen LogP contribution in [0.15, 0.2) is 24.8 Å². The molecule has 2 aliphatic heterocycles. The monoisotopic (exact) mass is 516 g/mol. The van der Waals surface area contributed by atoms with Crippen molar-refractivity contribution < 1.29 is 38.4 Å². The standard InChI is InChI=1S/C27H36N2O8/c1-3-14-36-27(33)29-21-17-23(35-15-8-12-24(30)31)22(34-2)16-19(21)25(32)28-13-7-11-20(28)26(29)37-18-9-5-4-6-10-18/h3,16-18,20,26H,1,4-15H2,2H3,(H,30,31)/t20-,26-/m0/s1. The van der Waals surface area contributed by atoms with Crippen molar-refractivity contribution in [3.8, 4) is 11.5 Å². The lowest BCUT2D eigenvalue weighted by Gasteiger charge is -2.38. The normalized spacial score (nSPS) is 21.6. The van der Waals surface area contributed by atoms with Crippen LogP contribution in [-0.4, -0.2) is 73.2 Å². The minimum absolute atomic E-state index is 0.0117. The highest BCUT2D eigenvalue weighted by Crippen LogP contribution is 2.42. The van der Waals surface area contributed by atoms with E-state index in [0.717, 1.165) is 38.5 Å². The molecule has 1 N–H and O–H groups in total. The van der Waals surface area contributed by atoms with Gasteiger partial charge in [-0.2, -0.15) is 0 Å². The molecule has 1 aliphatic carbocycles. The van der Waals surface area contributed by atoms with Gasteiger partial charge in [-0.25, -0.2) is 9.69 Å². The van der Waals surface area contributed by atoms with E-state index >= 15 is 0 Å². The molecular weight excluding hydrogens is 480 g/mol. The first-order chi connectivity index (χ1) is 17.9. The molecule has 0 unspecified atom stereocenters. The van der Waals surface area contributed by atoms with Gasteiger partial charge in [0.05, 0.1) is 37.1 Å². The summed E-state index contributed by atoms with van der Waals surface area (Å²) >= 11 is 0. The number of anilines is 1. The van der Waals surface area contributed by atoms with Gasteiger partial charge in [0.15, 0.2) is 17.7 Å². The summed E-state index contributed by atoms with van der Waals surface area (Å²) in [5.41, 5.74) is 0.621. The van der Waals surface area contributed by atoms with E-state index in [-0.39, 0.29) is 37.7 Å². The van der Waals surface area contributed by atoms with Gasteiger partial charge in [0, 0.05) is 19.0 Å². The molecule has 37 heavy (non-hydrogen) atoms. The lowest BCUT2D eigenvalue weighted by atomic mass is 9.97. The molecule has 0 radical (unpaired) electrons.